The molecule has 2 aromatic carbocycles. The molecule has 1 N–H and O–H groups in total. The maximum Gasteiger partial charge on any atom is 0.255 e. The van der Waals surface area contributed by atoms with Gasteiger partial charge in [0.25, 0.3) is 5.91 Å². The third-order valence-corrected chi connectivity index (χ3v) is 5.28. The van der Waals surface area contributed by atoms with Gasteiger partial charge in [-0.15, -0.1) is 0 Å². The predicted molar refractivity (Wildman–Crippen MR) is 126 cm³/mol. The van der Waals surface area contributed by atoms with Crippen molar-refractivity contribution in [2.24, 2.45) is 0 Å². The number of para-hydroxylation sites is 2. The lowest BCUT2D eigenvalue weighted by molar-refractivity contribution is 0.0951. The molecular weight excluding hydrogens is 430 g/mol. The molecule has 0 fully saturated rings. The molecule has 0 aliphatic heterocycles. The normalized spacial score (nSPS) is 10.7. The number of nitrogens with one attached hydrogen (secondary N) is 1. The highest BCUT2D eigenvalue weighted by molar-refractivity contribution is 6.00. The van der Waals surface area contributed by atoms with Crippen LogP contribution in [0.4, 0.5) is 0 Å². The van der Waals surface area contributed by atoms with Crippen LogP contribution in [-0.4, -0.2) is 42.5 Å². The van der Waals surface area contributed by atoms with Gasteiger partial charge in [-0.1, -0.05) is 36.4 Å². The second-order valence-electron chi connectivity index (χ2n) is 7.38. The lowest BCUT2D eigenvalue weighted by Gasteiger charge is -2.10. The van der Waals surface area contributed by atoms with Crippen LogP contribution in [0.25, 0.3) is 22.8 Å². The zero-order valence-electron chi connectivity index (χ0n) is 18.4. The monoisotopic (exact) mass is 451 g/mol. The fraction of sp³-hybridized carbons (Fsp3) is 0.0800. The smallest absolute Gasteiger partial charge is 0.255 e. The number of hydrogen-bond donors (Lipinski definition) is 1. The van der Waals surface area contributed by atoms with Crippen LogP contribution in [0.1, 0.15) is 15.9 Å². The molecule has 0 aliphatic carbocycles. The van der Waals surface area contributed by atoms with E-state index in [-0.39, 0.29) is 12.5 Å². The van der Waals surface area contributed by atoms with Gasteiger partial charge in [0, 0.05) is 30.1 Å². The zero-order chi connectivity index (χ0) is 23.3. The molecule has 5 rings (SSSR count). The van der Waals surface area contributed by atoms with Crippen LogP contribution in [0.5, 0.6) is 5.75 Å². The van der Waals surface area contributed by atoms with Crippen LogP contribution in [0, 0.1) is 0 Å². The standard InChI is InChI=1S/C25H21N7O2/c1-34-22-12-6-5-11-20(22)23-21(15-31(30-23)19-9-3-2-4-10-19)25(33)28-14-18-8-7-13-27-24(18)32-17-26-16-29-32/h2-13,15-17H,14H2,1H3,(H,28,33). The molecule has 0 atom stereocenters. The van der Waals surface area contributed by atoms with Gasteiger partial charge >= 0.3 is 0 Å². The average molecular weight is 451 g/mol. The van der Waals surface area contributed by atoms with E-state index < -0.39 is 0 Å². The van der Waals surface area contributed by atoms with E-state index in [1.165, 1.54) is 6.33 Å². The van der Waals surface area contributed by atoms with Crippen molar-refractivity contribution in [1.82, 2.24) is 34.8 Å². The molecule has 5 aromatic rings. The minimum atomic E-state index is -0.267. The van der Waals surface area contributed by atoms with Crippen molar-refractivity contribution in [3.8, 4) is 28.5 Å². The highest BCUT2D eigenvalue weighted by atomic mass is 16.5. The van der Waals surface area contributed by atoms with Gasteiger partial charge in [-0.2, -0.15) is 10.2 Å². The summed E-state index contributed by atoms with van der Waals surface area (Å²) in [6, 6.07) is 20.8. The Kier molecular flexibility index (Phi) is 5.81. The maximum atomic E-state index is 13.4. The Morgan fingerprint density at radius 1 is 1.00 bits per heavy atom. The van der Waals surface area contributed by atoms with Crippen LogP contribution < -0.4 is 10.1 Å². The molecule has 0 saturated carbocycles. The van der Waals surface area contributed by atoms with E-state index in [9.17, 15) is 4.79 Å². The molecule has 0 spiro atoms. The Bertz CT molecular complexity index is 1410. The maximum absolute atomic E-state index is 13.4. The first-order chi connectivity index (χ1) is 16.7. The molecule has 1 amide bonds. The number of ether oxygens (including phenoxy) is 1. The number of pyridine rings is 1. The number of carbonyl (C=O) groups excluding carboxylic acids is 1. The molecule has 3 heterocycles. The molecule has 3 aromatic heterocycles. The Labute approximate surface area is 195 Å². The molecule has 0 unspecified atom stereocenters. The molecule has 0 aliphatic rings. The quantitative estimate of drug-likeness (QED) is 0.407. The summed E-state index contributed by atoms with van der Waals surface area (Å²) in [5, 5.41) is 11.9. The van der Waals surface area contributed by atoms with E-state index in [1.807, 2.05) is 66.7 Å². The van der Waals surface area contributed by atoms with Crippen molar-refractivity contribution < 1.29 is 9.53 Å². The number of hydrogen-bond acceptors (Lipinski definition) is 6. The number of benzene rings is 2. The van der Waals surface area contributed by atoms with E-state index in [0.29, 0.717) is 22.8 Å². The van der Waals surface area contributed by atoms with Gasteiger partial charge < -0.3 is 10.1 Å². The highest BCUT2D eigenvalue weighted by Crippen LogP contribution is 2.31. The molecule has 168 valence electrons. The van der Waals surface area contributed by atoms with Crippen molar-refractivity contribution in [2.75, 3.05) is 7.11 Å². The van der Waals surface area contributed by atoms with Gasteiger partial charge in [-0.25, -0.2) is 19.3 Å². The van der Waals surface area contributed by atoms with Crippen LogP contribution >= 0.6 is 0 Å². The van der Waals surface area contributed by atoms with E-state index in [4.69, 9.17) is 9.84 Å². The summed E-state index contributed by atoms with van der Waals surface area (Å²) in [4.78, 5) is 21.8. The topological polar surface area (TPSA) is 99.8 Å². The molecule has 9 heteroatoms. The summed E-state index contributed by atoms with van der Waals surface area (Å²) in [7, 11) is 1.60. The third-order valence-electron chi connectivity index (χ3n) is 5.28. The van der Waals surface area contributed by atoms with Gasteiger partial charge in [0.05, 0.1) is 18.4 Å². The summed E-state index contributed by atoms with van der Waals surface area (Å²) in [6.45, 7) is 0.254. The fourth-order valence-electron chi connectivity index (χ4n) is 3.66. The minimum absolute atomic E-state index is 0.254. The predicted octanol–water partition coefficient (Wildman–Crippen LogP) is 3.45. The van der Waals surface area contributed by atoms with Crippen molar-refractivity contribution in [2.45, 2.75) is 6.54 Å². The van der Waals surface area contributed by atoms with Gasteiger partial charge in [0.1, 0.15) is 24.1 Å². The van der Waals surface area contributed by atoms with Crippen LogP contribution in [0.3, 0.4) is 0 Å². The molecule has 0 bridgehead atoms. The van der Waals surface area contributed by atoms with E-state index in [1.54, 1.807) is 35.2 Å². The van der Waals surface area contributed by atoms with Crippen LogP contribution in [-0.2, 0) is 6.54 Å². The zero-order valence-corrected chi connectivity index (χ0v) is 18.4. The SMILES string of the molecule is COc1ccccc1-c1nn(-c2ccccc2)cc1C(=O)NCc1cccnc1-n1cncn1. The second kappa shape index (κ2) is 9.37. The number of aromatic nitrogens is 6. The van der Waals surface area contributed by atoms with Crippen molar-refractivity contribution in [3.63, 3.8) is 0 Å². The number of rotatable bonds is 7. The number of carbonyl (C=O) groups is 1. The minimum Gasteiger partial charge on any atom is -0.496 e. The molecule has 34 heavy (non-hydrogen) atoms. The Morgan fingerprint density at radius 2 is 1.82 bits per heavy atom. The lowest BCUT2D eigenvalue weighted by Crippen LogP contribution is -2.24. The average Bonchev–Trinajstić information content (AvgIpc) is 3.59. The van der Waals surface area contributed by atoms with Crippen LogP contribution in [0.15, 0.2) is 91.8 Å². The number of nitrogens with zero attached hydrogens (tertiary/aromatic N) is 6. The van der Waals surface area contributed by atoms with Gasteiger partial charge in [-0.3, -0.25) is 4.79 Å². The third kappa shape index (κ3) is 4.14. The van der Waals surface area contributed by atoms with Gasteiger partial charge in [-0.05, 0) is 30.3 Å². The van der Waals surface area contributed by atoms with Gasteiger partial charge in [0.15, 0.2) is 5.82 Å². The largest absolute Gasteiger partial charge is 0.496 e. The summed E-state index contributed by atoms with van der Waals surface area (Å²) < 4.78 is 8.79. The van der Waals surface area contributed by atoms with Crippen molar-refractivity contribution >= 4 is 5.91 Å². The molecule has 9 nitrogen and oxygen atoms in total. The van der Waals surface area contributed by atoms with Gasteiger partial charge in [0.2, 0.25) is 0 Å². The number of methoxy groups -OCH3 is 1. The second-order valence-corrected chi connectivity index (χ2v) is 7.38. The fourth-order valence-corrected chi connectivity index (χ4v) is 3.66. The Balaban J connectivity index is 1.49. The Hall–Kier alpha value is -4.79. The van der Waals surface area contributed by atoms with E-state index in [2.05, 4.69) is 20.4 Å². The number of amides is 1. The summed E-state index contributed by atoms with van der Waals surface area (Å²) in [5.74, 6) is 0.970. The van der Waals surface area contributed by atoms with E-state index in [0.717, 1.165) is 16.8 Å². The summed E-state index contributed by atoms with van der Waals surface area (Å²) >= 11 is 0. The first-order valence-electron chi connectivity index (χ1n) is 10.6. The first-order valence-corrected chi connectivity index (χ1v) is 10.6. The van der Waals surface area contributed by atoms with Crippen molar-refractivity contribution in [3.05, 3.63) is 103 Å². The molecule has 0 radical (unpaired) electrons. The van der Waals surface area contributed by atoms with Crippen molar-refractivity contribution in [1.29, 1.82) is 0 Å². The molecule has 0 saturated heterocycles. The first kappa shape index (κ1) is 21.1. The highest BCUT2D eigenvalue weighted by Gasteiger charge is 2.21. The van der Waals surface area contributed by atoms with Crippen LogP contribution in [0.2, 0.25) is 0 Å². The summed E-state index contributed by atoms with van der Waals surface area (Å²) in [6.07, 6.45) is 6.41. The summed E-state index contributed by atoms with van der Waals surface area (Å²) in [5.41, 5.74) is 3.34. The van der Waals surface area contributed by atoms with E-state index >= 15 is 0 Å². The molecular formula is C25H21N7O2. The Morgan fingerprint density at radius 3 is 2.62 bits per heavy atom. The lowest BCUT2D eigenvalue weighted by atomic mass is 10.1.